The van der Waals surface area contributed by atoms with Crippen molar-refractivity contribution in [2.24, 2.45) is 0 Å². The highest BCUT2D eigenvalue weighted by Gasteiger charge is 2.29. The molecule has 1 aliphatic rings. The van der Waals surface area contributed by atoms with Gasteiger partial charge in [-0.25, -0.2) is 0 Å². The molecule has 0 aromatic heterocycles. The van der Waals surface area contributed by atoms with Gasteiger partial charge in [-0.15, -0.1) is 0 Å². The van der Waals surface area contributed by atoms with E-state index in [9.17, 15) is 4.79 Å². The molecule has 1 saturated heterocycles. The van der Waals surface area contributed by atoms with E-state index in [1.165, 1.54) is 0 Å². The fourth-order valence-corrected chi connectivity index (χ4v) is 2.91. The number of hydrogen-bond acceptors (Lipinski definition) is 3. The van der Waals surface area contributed by atoms with Crippen molar-refractivity contribution < 1.29 is 14.3 Å². The molecule has 0 spiro atoms. The van der Waals surface area contributed by atoms with E-state index in [0.29, 0.717) is 30.0 Å². The highest BCUT2D eigenvalue weighted by molar-refractivity contribution is 5.98. The van der Waals surface area contributed by atoms with Crippen LogP contribution in [0.4, 0.5) is 0 Å². The van der Waals surface area contributed by atoms with Crippen LogP contribution in [0.3, 0.4) is 0 Å². The summed E-state index contributed by atoms with van der Waals surface area (Å²) in [6.45, 7) is 4.44. The molecule has 0 bridgehead atoms. The summed E-state index contributed by atoms with van der Waals surface area (Å²) in [6.07, 6.45) is 2.56. The van der Waals surface area contributed by atoms with Gasteiger partial charge in [0, 0.05) is 17.7 Å². The highest BCUT2D eigenvalue weighted by Crippen LogP contribution is 2.32. The number of hydrogen-bond donors (Lipinski definition) is 0. The van der Waals surface area contributed by atoms with Gasteiger partial charge in [-0.05, 0) is 29.3 Å². The summed E-state index contributed by atoms with van der Waals surface area (Å²) >= 11 is 0. The second kappa shape index (κ2) is 7.26. The first-order valence-electron chi connectivity index (χ1n) is 8.08. The summed E-state index contributed by atoms with van der Waals surface area (Å²) in [5.74, 6) is 1.32. The molecule has 0 saturated carbocycles. The van der Waals surface area contributed by atoms with Gasteiger partial charge in [-0.2, -0.15) is 0 Å². The van der Waals surface area contributed by atoms with Gasteiger partial charge in [-0.3, -0.25) is 4.79 Å². The fourth-order valence-electron chi connectivity index (χ4n) is 2.91. The molecule has 3 rings (SSSR count). The molecule has 25 heavy (non-hydrogen) atoms. The third-order valence-electron chi connectivity index (χ3n) is 4.21. The molecule has 0 atom stereocenters. The largest absolute Gasteiger partial charge is 0.493 e. The number of carbonyl (C=O) groups is 1. The third-order valence-corrected chi connectivity index (χ3v) is 4.21. The second-order valence-electron chi connectivity index (χ2n) is 5.91. The van der Waals surface area contributed by atoms with Gasteiger partial charge in [0.05, 0.1) is 20.8 Å². The van der Waals surface area contributed by atoms with Crippen molar-refractivity contribution >= 4 is 12.0 Å². The quantitative estimate of drug-likeness (QED) is 0.774. The summed E-state index contributed by atoms with van der Waals surface area (Å²) in [5, 5.41) is 0. The van der Waals surface area contributed by atoms with Crippen LogP contribution in [0, 0.1) is 0 Å². The second-order valence-corrected chi connectivity index (χ2v) is 5.91. The van der Waals surface area contributed by atoms with Crippen LogP contribution >= 0.6 is 0 Å². The summed E-state index contributed by atoms with van der Waals surface area (Å²) in [6, 6.07) is 15.7. The molecule has 1 fully saturated rings. The lowest BCUT2D eigenvalue weighted by molar-refractivity contribution is -0.124. The Morgan fingerprint density at radius 2 is 1.80 bits per heavy atom. The molecular formula is C21H21NO3. The van der Waals surface area contributed by atoms with Crippen LogP contribution in [-0.2, 0) is 11.3 Å². The molecule has 0 N–H and O–H groups in total. The Bertz CT molecular complexity index is 824. The number of allylic oxidation sites excluding steroid dienone is 1. The number of ether oxygens (including phenoxy) is 2. The first-order valence-corrected chi connectivity index (χ1v) is 8.08. The zero-order chi connectivity index (χ0) is 17.8. The zero-order valence-electron chi connectivity index (χ0n) is 14.5. The van der Waals surface area contributed by atoms with Crippen molar-refractivity contribution in [2.75, 3.05) is 14.2 Å². The van der Waals surface area contributed by atoms with Crippen molar-refractivity contribution in [1.29, 1.82) is 0 Å². The van der Waals surface area contributed by atoms with E-state index in [1.807, 2.05) is 54.6 Å². The number of likely N-dealkylation sites (tertiary alicyclic amines) is 1. The zero-order valence-corrected chi connectivity index (χ0v) is 14.5. The van der Waals surface area contributed by atoms with Crippen LogP contribution in [0.25, 0.3) is 6.08 Å². The minimum atomic E-state index is -0.0180. The first-order chi connectivity index (χ1) is 12.1. The van der Waals surface area contributed by atoms with Crippen molar-refractivity contribution in [3.8, 4) is 11.5 Å². The van der Waals surface area contributed by atoms with Crippen LogP contribution in [0.1, 0.15) is 17.5 Å². The standard InChI is InChI=1S/C21H21NO3/c1-15-11-18(12-17-9-10-19(24-2)20(13-17)25-3)22(21(15)23)14-16-7-5-4-6-8-16/h4-10,12-13H,1,11,14H2,2-3H3/b18-12+. The van der Waals surface area contributed by atoms with E-state index in [0.717, 1.165) is 16.8 Å². The normalized spacial score (nSPS) is 15.8. The van der Waals surface area contributed by atoms with Gasteiger partial charge in [0.25, 0.3) is 5.91 Å². The Morgan fingerprint density at radius 3 is 2.48 bits per heavy atom. The molecule has 0 unspecified atom stereocenters. The lowest BCUT2D eigenvalue weighted by Gasteiger charge is -2.18. The molecule has 0 aliphatic carbocycles. The van der Waals surface area contributed by atoms with Gasteiger partial charge >= 0.3 is 0 Å². The van der Waals surface area contributed by atoms with Gasteiger partial charge in [-0.1, -0.05) is 43.0 Å². The molecule has 1 amide bonds. The Labute approximate surface area is 148 Å². The van der Waals surface area contributed by atoms with Crippen LogP contribution in [0.5, 0.6) is 11.5 Å². The van der Waals surface area contributed by atoms with Crippen LogP contribution < -0.4 is 9.47 Å². The van der Waals surface area contributed by atoms with Gasteiger partial charge in [0.15, 0.2) is 11.5 Å². The number of methoxy groups -OCH3 is 2. The predicted molar refractivity (Wildman–Crippen MR) is 98.3 cm³/mol. The molecule has 4 heteroatoms. The van der Waals surface area contributed by atoms with Crippen LogP contribution in [0.15, 0.2) is 66.4 Å². The molecule has 1 aliphatic heterocycles. The molecule has 0 radical (unpaired) electrons. The van der Waals surface area contributed by atoms with Crippen molar-refractivity contribution in [3.63, 3.8) is 0 Å². The average Bonchev–Trinajstić information content (AvgIpc) is 2.90. The monoisotopic (exact) mass is 335 g/mol. The van der Waals surface area contributed by atoms with E-state index in [4.69, 9.17) is 9.47 Å². The van der Waals surface area contributed by atoms with E-state index in [1.54, 1.807) is 19.1 Å². The highest BCUT2D eigenvalue weighted by atomic mass is 16.5. The topological polar surface area (TPSA) is 38.8 Å². The van der Waals surface area contributed by atoms with Crippen molar-refractivity contribution in [3.05, 3.63) is 77.5 Å². The maximum atomic E-state index is 12.5. The summed E-state index contributed by atoms with van der Waals surface area (Å²) in [4.78, 5) is 14.3. The number of rotatable bonds is 5. The average molecular weight is 335 g/mol. The number of amides is 1. The Hall–Kier alpha value is -3.01. The number of nitrogens with zero attached hydrogens (tertiary/aromatic N) is 1. The minimum Gasteiger partial charge on any atom is -0.493 e. The minimum absolute atomic E-state index is 0.0180. The maximum Gasteiger partial charge on any atom is 0.254 e. The lowest BCUT2D eigenvalue weighted by atomic mass is 10.1. The molecule has 128 valence electrons. The van der Waals surface area contributed by atoms with E-state index < -0.39 is 0 Å². The Kier molecular flexibility index (Phi) is 4.89. The Morgan fingerprint density at radius 1 is 1.08 bits per heavy atom. The van der Waals surface area contributed by atoms with Crippen molar-refractivity contribution in [2.45, 2.75) is 13.0 Å². The van der Waals surface area contributed by atoms with Gasteiger partial charge in [0.2, 0.25) is 0 Å². The van der Waals surface area contributed by atoms with Crippen LogP contribution in [0.2, 0.25) is 0 Å². The fraction of sp³-hybridized carbons (Fsp3) is 0.190. The van der Waals surface area contributed by atoms with Gasteiger partial charge < -0.3 is 14.4 Å². The summed E-state index contributed by atoms with van der Waals surface area (Å²) < 4.78 is 10.6. The SMILES string of the molecule is C=C1C/C(=C\c2ccc(OC)c(OC)c2)N(Cc2ccccc2)C1=O. The predicted octanol–water partition coefficient (Wildman–Crippen LogP) is 4.03. The number of benzene rings is 2. The van der Waals surface area contributed by atoms with E-state index in [-0.39, 0.29) is 5.91 Å². The smallest absolute Gasteiger partial charge is 0.254 e. The van der Waals surface area contributed by atoms with E-state index in [2.05, 4.69) is 6.58 Å². The molecule has 2 aromatic carbocycles. The Balaban J connectivity index is 1.92. The lowest BCUT2D eigenvalue weighted by Crippen LogP contribution is -2.23. The molecule has 2 aromatic rings. The van der Waals surface area contributed by atoms with Crippen molar-refractivity contribution in [1.82, 2.24) is 4.90 Å². The first kappa shape index (κ1) is 16.8. The summed E-state index contributed by atoms with van der Waals surface area (Å²) in [5.41, 5.74) is 3.59. The van der Waals surface area contributed by atoms with Crippen LogP contribution in [-0.4, -0.2) is 25.0 Å². The maximum absolute atomic E-state index is 12.5. The molecule has 4 nitrogen and oxygen atoms in total. The summed E-state index contributed by atoms with van der Waals surface area (Å²) in [7, 11) is 3.22. The van der Waals surface area contributed by atoms with Gasteiger partial charge in [0.1, 0.15) is 0 Å². The number of carbonyl (C=O) groups excluding carboxylic acids is 1. The third kappa shape index (κ3) is 3.58. The molecule has 1 heterocycles. The molecular weight excluding hydrogens is 314 g/mol. The van der Waals surface area contributed by atoms with E-state index >= 15 is 0 Å².